The molecule has 0 amide bonds. The number of anilines is 1. The smallest absolute Gasteiger partial charge is 0.236 e. The third kappa shape index (κ3) is 4.93. The van der Waals surface area contributed by atoms with Gasteiger partial charge in [-0.05, 0) is 86.8 Å². The summed E-state index contributed by atoms with van der Waals surface area (Å²) in [7, 11) is 0. The zero-order valence-electron chi connectivity index (χ0n) is 21.5. The summed E-state index contributed by atoms with van der Waals surface area (Å²) >= 11 is 0. The van der Waals surface area contributed by atoms with Crippen LogP contribution in [-0.4, -0.2) is 37.2 Å². The number of halogens is 1. The lowest BCUT2D eigenvalue weighted by Crippen LogP contribution is -2.31. The van der Waals surface area contributed by atoms with Gasteiger partial charge in [0.2, 0.25) is 5.82 Å². The Kier molecular flexibility index (Phi) is 7.17. The van der Waals surface area contributed by atoms with Gasteiger partial charge in [0.25, 0.3) is 0 Å². The molecule has 190 valence electrons. The second kappa shape index (κ2) is 10.5. The number of nitrogens with one attached hydrogen (secondary N) is 1. The summed E-state index contributed by atoms with van der Waals surface area (Å²) in [6.07, 6.45) is 9.35. The van der Waals surface area contributed by atoms with Crippen LogP contribution in [0.4, 0.5) is 10.2 Å². The molecule has 36 heavy (non-hydrogen) atoms. The van der Waals surface area contributed by atoms with E-state index in [9.17, 15) is 9.65 Å². The molecule has 0 saturated heterocycles. The highest BCUT2D eigenvalue weighted by molar-refractivity contribution is 5.87. The number of hydrogen-bond acceptors (Lipinski definition) is 6. The van der Waals surface area contributed by atoms with Crippen molar-refractivity contribution in [3.05, 3.63) is 29.7 Å². The van der Waals surface area contributed by atoms with Gasteiger partial charge in [-0.15, -0.1) is 0 Å². The monoisotopic (exact) mass is 489 g/mol. The Morgan fingerprint density at radius 1 is 1.08 bits per heavy atom. The third-order valence-electron chi connectivity index (χ3n) is 8.23. The van der Waals surface area contributed by atoms with Crippen molar-refractivity contribution in [2.24, 2.45) is 17.8 Å². The van der Waals surface area contributed by atoms with E-state index in [1.165, 1.54) is 24.8 Å². The number of hydrogen-bond donors (Lipinski definition) is 1. The van der Waals surface area contributed by atoms with E-state index >= 15 is 0 Å². The van der Waals surface area contributed by atoms with E-state index in [4.69, 9.17) is 4.98 Å². The molecule has 1 N–H and O–H groups in total. The Hall–Kier alpha value is -3.08. The topological polar surface area (TPSA) is 92.3 Å². The van der Waals surface area contributed by atoms with Crippen LogP contribution in [0.5, 0.6) is 0 Å². The van der Waals surface area contributed by atoms with Gasteiger partial charge in [-0.2, -0.15) is 15.2 Å². The van der Waals surface area contributed by atoms with Crippen molar-refractivity contribution < 1.29 is 4.39 Å². The minimum atomic E-state index is -0.226. The Morgan fingerprint density at radius 3 is 2.47 bits per heavy atom. The van der Waals surface area contributed by atoms with Crippen molar-refractivity contribution in [2.45, 2.75) is 84.2 Å². The fourth-order valence-corrected chi connectivity index (χ4v) is 5.59. The van der Waals surface area contributed by atoms with Crippen LogP contribution in [0.3, 0.4) is 0 Å². The number of nitrogens with zero attached hydrogens (tertiary/aromatic N) is 6. The molecule has 3 aromatic rings. The standard InChI is InChI=1S/C28H36FN7/c1-17(2)22-11-12-31-23(13-22)28-35-27-25(36(28)16-20-9-7-19(14-29)8-10-20)26(33-24(15-30)34-27)32-18(3)21-5-4-6-21/h11-13,17-21H,4-10,14,16H2,1-3H3,(H,32,33,34)/t18-,19?,20?/m1/s1. The largest absolute Gasteiger partial charge is 0.365 e. The predicted molar refractivity (Wildman–Crippen MR) is 139 cm³/mol. The molecule has 0 unspecified atom stereocenters. The first-order valence-corrected chi connectivity index (χ1v) is 13.4. The van der Waals surface area contributed by atoms with E-state index in [2.05, 4.69) is 57.7 Å². The van der Waals surface area contributed by atoms with E-state index in [0.29, 0.717) is 29.2 Å². The number of aromatic nitrogens is 5. The number of nitriles is 1. The molecular formula is C28H36FN7. The summed E-state index contributed by atoms with van der Waals surface area (Å²) < 4.78 is 15.5. The molecule has 5 rings (SSSR count). The molecule has 0 aliphatic heterocycles. The highest BCUT2D eigenvalue weighted by Crippen LogP contribution is 2.36. The Morgan fingerprint density at radius 2 is 1.83 bits per heavy atom. The summed E-state index contributed by atoms with van der Waals surface area (Å²) in [5.41, 5.74) is 3.35. The maximum Gasteiger partial charge on any atom is 0.236 e. The fourth-order valence-electron chi connectivity index (χ4n) is 5.59. The van der Waals surface area contributed by atoms with Gasteiger partial charge in [0.1, 0.15) is 17.3 Å². The van der Waals surface area contributed by atoms with Crippen LogP contribution in [0, 0.1) is 29.1 Å². The number of alkyl halides is 1. The first-order valence-electron chi connectivity index (χ1n) is 13.4. The normalized spacial score (nSPS) is 21.3. The number of imidazole rings is 1. The molecule has 7 nitrogen and oxygen atoms in total. The second-order valence-corrected chi connectivity index (χ2v) is 11.0. The molecule has 2 aliphatic rings. The minimum Gasteiger partial charge on any atom is -0.365 e. The van der Waals surface area contributed by atoms with Crippen molar-refractivity contribution in [3.8, 4) is 17.6 Å². The van der Waals surface area contributed by atoms with E-state index in [1.54, 1.807) is 0 Å². The van der Waals surface area contributed by atoms with Crippen molar-refractivity contribution >= 4 is 17.0 Å². The molecule has 3 aromatic heterocycles. The summed E-state index contributed by atoms with van der Waals surface area (Å²) in [4.78, 5) is 18.7. The molecule has 3 heterocycles. The van der Waals surface area contributed by atoms with E-state index in [1.807, 2.05) is 12.3 Å². The average Bonchev–Trinajstić information content (AvgIpc) is 3.21. The Balaban J connectivity index is 1.61. The molecule has 0 radical (unpaired) electrons. The van der Waals surface area contributed by atoms with E-state index in [-0.39, 0.29) is 24.5 Å². The van der Waals surface area contributed by atoms with Gasteiger partial charge in [-0.25, -0.2) is 4.98 Å². The maximum atomic E-state index is 13.3. The van der Waals surface area contributed by atoms with Gasteiger partial charge in [-0.3, -0.25) is 9.37 Å². The van der Waals surface area contributed by atoms with Crippen LogP contribution in [0.15, 0.2) is 18.3 Å². The number of fused-ring (bicyclic) bond motifs is 1. The average molecular weight is 490 g/mol. The number of pyridine rings is 1. The highest BCUT2D eigenvalue weighted by atomic mass is 19.1. The lowest BCUT2D eigenvalue weighted by atomic mass is 9.80. The van der Waals surface area contributed by atoms with Gasteiger partial charge in [0, 0.05) is 18.8 Å². The van der Waals surface area contributed by atoms with E-state index in [0.717, 1.165) is 49.3 Å². The highest BCUT2D eigenvalue weighted by Gasteiger charge is 2.29. The molecule has 0 bridgehead atoms. The van der Waals surface area contributed by atoms with Crippen molar-refractivity contribution in [3.63, 3.8) is 0 Å². The summed E-state index contributed by atoms with van der Waals surface area (Å²) in [5.74, 6) is 3.13. The SMILES string of the molecule is CC(C)c1ccnc(-c2nc3nc(C#N)nc(N[C@H](C)C4CCC4)c3n2CC2CCC(CF)CC2)c1. The lowest BCUT2D eigenvalue weighted by Gasteiger charge is -2.32. The van der Waals surface area contributed by atoms with Gasteiger partial charge in [0.05, 0.1) is 6.67 Å². The van der Waals surface area contributed by atoms with Crippen LogP contribution in [0.2, 0.25) is 0 Å². The van der Waals surface area contributed by atoms with Crippen molar-refractivity contribution in [1.82, 2.24) is 24.5 Å². The quantitative estimate of drug-likeness (QED) is 0.401. The Labute approximate surface area is 212 Å². The second-order valence-electron chi connectivity index (χ2n) is 11.0. The molecule has 8 heteroatoms. The van der Waals surface area contributed by atoms with E-state index < -0.39 is 0 Å². The summed E-state index contributed by atoms with van der Waals surface area (Å²) in [5, 5.41) is 13.3. The molecule has 2 saturated carbocycles. The first kappa shape index (κ1) is 24.6. The summed E-state index contributed by atoms with van der Waals surface area (Å²) in [6, 6.07) is 6.50. The van der Waals surface area contributed by atoms with Gasteiger partial charge in [-0.1, -0.05) is 20.3 Å². The van der Waals surface area contributed by atoms with Crippen molar-refractivity contribution in [1.29, 1.82) is 5.26 Å². The van der Waals surface area contributed by atoms with Crippen LogP contribution in [0.25, 0.3) is 22.7 Å². The van der Waals surface area contributed by atoms with Crippen LogP contribution in [-0.2, 0) is 6.54 Å². The van der Waals surface area contributed by atoms with Crippen LogP contribution in [0.1, 0.15) is 83.0 Å². The minimum absolute atomic E-state index is 0.120. The van der Waals surface area contributed by atoms with Gasteiger partial charge in [0.15, 0.2) is 17.3 Å². The third-order valence-corrected chi connectivity index (χ3v) is 8.23. The lowest BCUT2D eigenvalue weighted by molar-refractivity contribution is 0.218. The van der Waals surface area contributed by atoms with Gasteiger partial charge >= 0.3 is 0 Å². The molecule has 0 spiro atoms. The molecule has 0 aromatic carbocycles. The number of rotatable bonds is 8. The molecule has 2 fully saturated rings. The first-order chi connectivity index (χ1) is 17.5. The van der Waals surface area contributed by atoms with Crippen LogP contribution < -0.4 is 5.32 Å². The van der Waals surface area contributed by atoms with Gasteiger partial charge < -0.3 is 9.88 Å². The predicted octanol–water partition coefficient (Wildman–Crippen LogP) is 6.26. The summed E-state index contributed by atoms with van der Waals surface area (Å²) in [6.45, 7) is 7.05. The maximum absolute atomic E-state index is 13.3. The molecular weight excluding hydrogens is 453 g/mol. The zero-order valence-corrected chi connectivity index (χ0v) is 21.5. The Bertz CT molecular complexity index is 1250. The van der Waals surface area contributed by atoms with Crippen molar-refractivity contribution in [2.75, 3.05) is 12.0 Å². The molecule has 1 atom stereocenters. The fraction of sp³-hybridized carbons (Fsp3) is 0.607. The van der Waals surface area contributed by atoms with Crippen LogP contribution >= 0.6 is 0 Å². The molecule has 2 aliphatic carbocycles. The zero-order chi connectivity index (χ0) is 25.2.